The number of aliphatic hydroxyl groups excluding tert-OH is 1. The number of H-pyrrole nitrogens is 1. The van der Waals surface area contributed by atoms with Crippen molar-refractivity contribution in [2.75, 3.05) is 0 Å². The zero-order valence-electron chi connectivity index (χ0n) is 13.7. The number of nitrogens with zero attached hydrogens (tertiary/aromatic N) is 1. The minimum Gasteiger partial charge on any atom is -0.384 e. The number of rotatable bonds is 4. The molecular formula is C21H16Cl2N2O. The van der Waals surface area contributed by atoms with Crippen LogP contribution < -0.4 is 0 Å². The van der Waals surface area contributed by atoms with E-state index in [1.54, 1.807) is 18.3 Å². The second kappa shape index (κ2) is 7.04. The third-order valence-corrected chi connectivity index (χ3v) is 4.95. The van der Waals surface area contributed by atoms with Crippen molar-refractivity contribution in [3.8, 4) is 16.8 Å². The van der Waals surface area contributed by atoms with E-state index in [2.05, 4.69) is 4.98 Å². The Morgan fingerprint density at radius 3 is 2.31 bits per heavy atom. The van der Waals surface area contributed by atoms with E-state index in [9.17, 15) is 5.11 Å². The maximum absolute atomic E-state index is 10.9. The highest BCUT2D eigenvalue weighted by Gasteiger charge is 2.18. The Hall–Kier alpha value is -2.46. The number of hydrogen-bond donors (Lipinski definition) is 2. The molecule has 0 aliphatic heterocycles. The highest BCUT2D eigenvalue weighted by molar-refractivity contribution is 6.36. The van der Waals surface area contributed by atoms with Gasteiger partial charge in [0, 0.05) is 57.2 Å². The third-order valence-electron chi connectivity index (χ3n) is 4.40. The van der Waals surface area contributed by atoms with E-state index in [1.807, 2.05) is 65.6 Å². The van der Waals surface area contributed by atoms with Gasteiger partial charge in [-0.3, -0.25) is 0 Å². The van der Waals surface area contributed by atoms with Crippen LogP contribution in [0.5, 0.6) is 0 Å². The number of aliphatic hydroxyl groups is 1. The summed E-state index contributed by atoms with van der Waals surface area (Å²) in [7, 11) is 0. The molecule has 2 aromatic heterocycles. The number of benzene rings is 2. The van der Waals surface area contributed by atoms with E-state index in [0.717, 1.165) is 27.9 Å². The second-order valence-electron chi connectivity index (χ2n) is 6.03. The van der Waals surface area contributed by atoms with Crippen LogP contribution in [0, 0.1) is 0 Å². The van der Waals surface area contributed by atoms with Gasteiger partial charge in [0.15, 0.2) is 0 Å². The van der Waals surface area contributed by atoms with Crippen molar-refractivity contribution in [1.29, 1.82) is 0 Å². The number of halogens is 2. The van der Waals surface area contributed by atoms with Crippen LogP contribution in [0.2, 0.25) is 10.0 Å². The van der Waals surface area contributed by atoms with Crippen LogP contribution in [0.3, 0.4) is 0 Å². The van der Waals surface area contributed by atoms with Crippen molar-refractivity contribution < 1.29 is 5.11 Å². The monoisotopic (exact) mass is 382 g/mol. The minimum atomic E-state index is -0.762. The summed E-state index contributed by atoms with van der Waals surface area (Å²) in [6, 6.07) is 17.1. The fraction of sp³-hybridized carbons (Fsp3) is 0.0476. The molecule has 4 rings (SSSR count). The van der Waals surface area contributed by atoms with Gasteiger partial charge in [0.2, 0.25) is 0 Å². The second-order valence-corrected chi connectivity index (χ2v) is 6.88. The number of hydrogen-bond acceptors (Lipinski definition) is 1. The number of aromatic nitrogens is 2. The molecule has 0 bridgehead atoms. The highest BCUT2D eigenvalue weighted by Crippen LogP contribution is 2.36. The predicted molar refractivity (Wildman–Crippen MR) is 106 cm³/mol. The largest absolute Gasteiger partial charge is 0.384 e. The zero-order chi connectivity index (χ0) is 18.1. The Kier molecular flexibility index (Phi) is 4.60. The fourth-order valence-corrected chi connectivity index (χ4v) is 3.57. The van der Waals surface area contributed by atoms with Gasteiger partial charge in [-0.05, 0) is 42.0 Å². The number of aromatic amines is 1. The molecule has 1 atom stereocenters. The van der Waals surface area contributed by atoms with Crippen LogP contribution in [0.4, 0.5) is 0 Å². The molecule has 0 fully saturated rings. The molecule has 2 N–H and O–H groups in total. The third kappa shape index (κ3) is 3.17. The summed E-state index contributed by atoms with van der Waals surface area (Å²) in [5.41, 5.74) is 4.31. The fourth-order valence-electron chi connectivity index (χ4n) is 3.06. The van der Waals surface area contributed by atoms with Crippen LogP contribution in [0.1, 0.15) is 17.2 Å². The lowest BCUT2D eigenvalue weighted by atomic mass is 9.96. The SMILES string of the molecule is OC(c1ccc(-n2cccc2)cc1)c1c[nH]cc1-c1ccc(Cl)cc1Cl. The van der Waals surface area contributed by atoms with Crippen molar-refractivity contribution in [3.63, 3.8) is 0 Å². The molecule has 2 heterocycles. The highest BCUT2D eigenvalue weighted by atomic mass is 35.5. The van der Waals surface area contributed by atoms with Crippen LogP contribution in [-0.4, -0.2) is 14.7 Å². The van der Waals surface area contributed by atoms with Crippen LogP contribution >= 0.6 is 23.2 Å². The molecule has 4 aromatic rings. The summed E-state index contributed by atoms with van der Waals surface area (Å²) in [5.74, 6) is 0. The molecule has 0 aliphatic carbocycles. The first-order chi connectivity index (χ1) is 12.6. The van der Waals surface area contributed by atoms with E-state index < -0.39 is 6.10 Å². The molecule has 0 saturated carbocycles. The summed E-state index contributed by atoms with van der Waals surface area (Å²) in [5, 5.41) is 12.0. The zero-order valence-corrected chi connectivity index (χ0v) is 15.2. The molecule has 0 amide bonds. The van der Waals surface area contributed by atoms with Gasteiger partial charge in [0.1, 0.15) is 6.10 Å². The van der Waals surface area contributed by atoms with Crippen molar-refractivity contribution in [1.82, 2.24) is 9.55 Å². The molecule has 0 saturated heterocycles. The normalized spacial score (nSPS) is 12.3. The molecule has 130 valence electrons. The Labute approximate surface area is 161 Å². The summed E-state index contributed by atoms with van der Waals surface area (Å²) in [4.78, 5) is 3.07. The van der Waals surface area contributed by atoms with Crippen LogP contribution in [-0.2, 0) is 0 Å². The van der Waals surface area contributed by atoms with Gasteiger partial charge in [-0.1, -0.05) is 41.4 Å². The Balaban J connectivity index is 1.67. The Bertz CT molecular complexity index is 1020. The summed E-state index contributed by atoms with van der Waals surface area (Å²) < 4.78 is 2.02. The molecule has 0 aliphatic rings. The lowest BCUT2D eigenvalue weighted by molar-refractivity contribution is 0.221. The van der Waals surface area contributed by atoms with Gasteiger partial charge in [-0.15, -0.1) is 0 Å². The molecule has 3 nitrogen and oxygen atoms in total. The molecule has 5 heteroatoms. The molecule has 0 radical (unpaired) electrons. The predicted octanol–water partition coefficient (Wildman–Crippen LogP) is 5.86. The first kappa shape index (κ1) is 17.0. The Morgan fingerprint density at radius 1 is 0.885 bits per heavy atom. The summed E-state index contributed by atoms with van der Waals surface area (Å²) in [6.45, 7) is 0. The molecule has 1 unspecified atom stereocenters. The van der Waals surface area contributed by atoms with E-state index in [1.165, 1.54) is 0 Å². The average Bonchev–Trinajstić information content (AvgIpc) is 3.33. The van der Waals surface area contributed by atoms with E-state index in [-0.39, 0.29) is 0 Å². The van der Waals surface area contributed by atoms with Gasteiger partial charge >= 0.3 is 0 Å². The van der Waals surface area contributed by atoms with Gasteiger partial charge < -0.3 is 14.7 Å². The minimum absolute atomic E-state index is 0.550. The van der Waals surface area contributed by atoms with Crippen molar-refractivity contribution in [3.05, 3.63) is 101 Å². The van der Waals surface area contributed by atoms with E-state index in [4.69, 9.17) is 23.2 Å². The van der Waals surface area contributed by atoms with E-state index >= 15 is 0 Å². The molecule has 26 heavy (non-hydrogen) atoms. The average molecular weight is 383 g/mol. The summed E-state index contributed by atoms with van der Waals surface area (Å²) in [6.07, 6.45) is 6.84. The molecular weight excluding hydrogens is 367 g/mol. The van der Waals surface area contributed by atoms with Gasteiger partial charge in [-0.25, -0.2) is 0 Å². The lowest BCUT2D eigenvalue weighted by Gasteiger charge is -2.14. The topological polar surface area (TPSA) is 41.0 Å². The molecule has 0 spiro atoms. The molecule has 2 aromatic carbocycles. The maximum Gasteiger partial charge on any atom is 0.106 e. The van der Waals surface area contributed by atoms with Gasteiger partial charge in [-0.2, -0.15) is 0 Å². The first-order valence-corrected chi connectivity index (χ1v) is 8.92. The van der Waals surface area contributed by atoms with Crippen molar-refractivity contribution in [2.45, 2.75) is 6.10 Å². The van der Waals surface area contributed by atoms with Crippen molar-refractivity contribution >= 4 is 23.2 Å². The van der Waals surface area contributed by atoms with Crippen LogP contribution in [0.15, 0.2) is 79.4 Å². The maximum atomic E-state index is 10.9. The van der Waals surface area contributed by atoms with Crippen LogP contribution in [0.25, 0.3) is 16.8 Å². The number of nitrogens with one attached hydrogen (secondary N) is 1. The standard InChI is InChI=1S/C21H16Cl2N2O/c22-15-5-8-17(20(23)11-15)18-12-24-13-19(18)21(26)14-3-6-16(7-4-14)25-9-1-2-10-25/h1-13,21,24,26H. The quantitative estimate of drug-likeness (QED) is 0.455. The Morgan fingerprint density at radius 2 is 1.62 bits per heavy atom. The smallest absolute Gasteiger partial charge is 0.106 e. The van der Waals surface area contributed by atoms with E-state index in [0.29, 0.717) is 10.0 Å². The van der Waals surface area contributed by atoms with Gasteiger partial charge in [0.05, 0.1) is 0 Å². The first-order valence-electron chi connectivity index (χ1n) is 8.17. The van der Waals surface area contributed by atoms with Crippen molar-refractivity contribution in [2.24, 2.45) is 0 Å². The van der Waals surface area contributed by atoms with Gasteiger partial charge in [0.25, 0.3) is 0 Å². The summed E-state index contributed by atoms with van der Waals surface area (Å²) >= 11 is 12.3. The lowest BCUT2D eigenvalue weighted by Crippen LogP contribution is -2.01.